The summed E-state index contributed by atoms with van der Waals surface area (Å²) in [4.78, 5) is 23.9. The zero-order valence-electron chi connectivity index (χ0n) is 19.6. The zero-order chi connectivity index (χ0) is 24.7. The third kappa shape index (κ3) is 4.55. The molecular formula is C27H26FN5O2. The van der Waals surface area contributed by atoms with E-state index in [0.29, 0.717) is 5.35 Å². The molecule has 0 fully saturated rings. The molecule has 0 amide bonds. The van der Waals surface area contributed by atoms with Crippen molar-refractivity contribution in [2.24, 2.45) is 10.4 Å². The molecule has 0 aromatic carbocycles. The summed E-state index contributed by atoms with van der Waals surface area (Å²) >= 11 is 0. The van der Waals surface area contributed by atoms with Gasteiger partial charge in [0.1, 0.15) is 0 Å². The maximum absolute atomic E-state index is 16.1. The second-order valence-corrected chi connectivity index (χ2v) is 9.43. The molecule has 8 bridgehead atoms. The number of ether oxygens (including phenoxy) is 1. The highest BCUT2D eigenvalue weighted by Crippen LogP contribution is 2.39. The van der Waals surface area contributed by atoms with E-state index < -0.39 is 22.7 Å². The Morgan fingerprint density at radius 3 is 2.71 bits per heavy atom. The smallest absolute Gasteiger partial charge is 0.326 e. The predicted octanol–water partition coefficient (Wildman–Crippen LogP) is 2.75. The van der Waals surface area contributed by atoms with Crippen LogP contribution in [0.5, 0.6) is 0 Å². The first-order chi connectivity index (χ1) is 16.7. The second kappa shape index (κ2) is 8.36. The van der Waals surface area contributed by atoms with E-state index in [1.807, 2.05) is 42.5 Å². The van der Waals surface area contributed by atoms with Gasteiger partial charge in [0.25, 0.3) is 0 Å². The molecular weight excluding hydrogens is 445 g/mol. The Labute approximate surface area is 202 Å². The molecule has 8 heteroatoms. The van der Waals surface area contributed by atoms with Crippen molar-refractivity contribution in [2.45, 2.75) is 38.0 Å². The topological polar surface area (TPSA) is 106 Å². The van der Waals surface area contributed by atoms with Crippen molar-refractivity contribution in [2.75, 3.05) is 6.61 Å². The molecule has 35 heavy (non-hydrogen) atoms. The minimum absolute atomic E-state index is 0.0149. The van der Waals surface area contributed by atoms with Crippen LogP contribution in [0.25, 0.3) is 18.2 Å². The number of aliphatic imine (C=N–C) groups is 1. The average Bonchev–Trinajstić information content (AvgIpc) is 3.59. The number of hydrogen-bond donors (Lipinski definition) is 3. The lowest BCUT2D eigenvalue weighted by molar-refractivity contribution is -0.152. The number of rotatable bonds is 4. The third-order valence-corrected chi connectivity index (χ3v) is 6.39. The number of nitrogens with one attached hydrogen (secondary N) is 3. The highest BCUT2D eigenvalue weighted by molar-refractivity contribution is 6.00. The lowest BCUT2D eigenvalue weighted by atomic mass is 9.76. The number of esters is 1. The Kier molecular flexibility index (Phi) is 5.45. The van der Waals surface area contributed by atoms with Gasteiger partial charge in [0.05, 0.1) is 18.4 Å². The molecule has 0 aliphatic carbocycles. The summed E-state index contributed by atoms with van der Waals surface area (Å²) in [5.74, 6) is -2.62. The lowest BCUT2D eigenvalue weighted by Gasteiger charge is -2.35. The number of halogens is 1. The standard InChI is InChI=1S/C27H26FN5O2/c1-3-35-24(34)25(2,17-29)16-26-10-11-27(28,33-26)15-23-9-7-21(32-23)13-19-5-4-18(30-19)12-20-6-8-22(14-26)31-20/h4-13,15,30,32-33H,3,14,16H2,1-2H3. The molecule has 0 radical (unpaired) electrons. The van der Waals surface area contributed by atoms with Gasteiger partial charge < -0.3 is 14.7 Å². The summed E-state index contributed by atoms with van der Waals surface area (Å²) in [6.45, 7) is 3.38. The van der Waals surface area contributed by atoms with E-state index in [2.05, 4.69) is 21.4 Å². The molecule has 3 unspecified atom stereocenters. The number of nitrogens with zero attached hydrogens (tertiary/aromatic N) is 2. The largest absolute Gasteiger partial charge is 0.465 e. The molecule has 0 saturated carbocycles. The van der Waals surface area contributed by atoms with Gasteiger partial charge in [-0.3, -0.25) is 15.1 Å². The highest BCUT2D eigenvalue weighted by atomic mass is 19.1. The van der Waals surface area contributed by atoms with Crippen molar-refractivity contribution in [1.29, 1.82) is 5.26 Å². The van der Waals surface area contributed by atoms with Gasteiger partial charge in [-0.1, -0.05) is 6.08 Å². The minimum atomic E-state index is -1.99. The van der Waals surface area contributed by atoms with Crippen LogP contribution in [0, 0.1) is 16.7 Å². The van der Waals surface area contributed by atoms with Gasteiger partial charge >= 0.3 is 5.97 Å². The molecule has 5 heterocycles. The summed E-state index contributed by atoms with van der Waals surface area (Å²) in [6, 6.07) is 9.72. The van der Waals surface area contributed by atoms with Gasteiger partial charge in [-0.15, -0.1) is 0 Å². The van der Waals surface area contributed by atoms with Crippen LogP contribution in [0.15, 0.2) is 59.3 Å². The normalized spacial score (nSPS) is 26.1. The fourth-order valence-corrected chi connectivity index (χ4v) is 4.85. The SMILES string of the molecule is CCOC(=O)C(C)(C#N)CC12C=CC(F)(C=c3ccc([nH]3)=Cc3ccc([nH]3)C=C3C=CC(=N3)C1)N2. The van der Waals surface area contributed by atoms with Crippen molar-refractivity contribution >= 4 is 29.9 Å². The van der Waals surface area contributed by atoms with Crippen molar-refractivity contribution in [1.82, 2.24) is 15.3 Å². The summed E-state index contributed by atoms with van der Waals surface area (Å²) in [7, 11) is 0. The fourth-order valence-electron chi connectivity index (χ4n) is 4.85. The first kappa shape index (κ1) is 22.8. The maximum atomic E-state index is 16.1. The Bertz CT molecular complexity index is 1470. The third-order valence-electron chi connectivity index (χ3n) is 6.39. The Morgan fingerprint density at radius 2 is 1.94 bits per heavy atom. The summed E-state index contributed by atoms with van der Waals surface area (Å²) in [6.07, 6.45) is 12.5. The van der Waals surface area contributed by atoms with Crippen LogP contribution in [-0.2, 0) is 9.53 Å². The van der Waals surface area contributed by atoms with Crippen LogP contribution in [0.1, 0.15) is 38.1 Å². The van der Waals surface area contributed by atoms with Gasteiger partial charge in [0, 0.05) is 39.8 Å². The minimum Gasteiger partial charge on any atom is -0.465 e. The molecule has 0 spiro atoms. The van der Waals surface area contributed by atoms with Crippen LogP contribution in [0.3, 0.4) is 0 Å². The number of aromatic nitrogens is 2. The number of allylic oxidation sites excluding steroid dienone is 2. The van der Waals surface area contributed by atoms with E-state index in [1.54, 1.807) is 19.1 Å². The van der Waals surface area contributed by atoms with Gasteiger partial charge in [0.2, 0.25) is 5.79 Å². The van der Waals surface area contributed by atoms with E-state index in [1.165, 1.54) is 19.1 Å². The van der Waals surface area contributed by atoms with Gasteiger partial charge in [0.15, 0.2) is 5.41 Å². The van der Waals surface area contributed by atoms with E-state index in [4.69, 9.17) is 9.73 Å². The van der Waals surface area contributed by atoms with E-state index in [0.717, 1.165) is 28.1 Å². The number of H-pyrrole nitrogens is 2. The van der Waals surface area contributed by atoms with Crippen LogP contribution in [0.2, 0.25) is 0 Å². The predicted molar refractivity (Wildman–Crippen MR) is 132 cm³/mol. The monoisotopic (exact) mass is 471 g/mol. The molecule has 2 aromatic heterocycles. The van der Waals surface area contributed by atoms with Crippen LogP contribution in [-0.4, -0.2) is 39.6 Å². The summed E-state index contributed by atoms with van der Waals surface area (Å²) in [5.41, 5.74) is 0.768. The van der Waals surface area contributed by atoms with Crippen LogP contribution < -0.4 is 16.0 Å². The number of carbonyl (C=O) groups excluding carboxylic acids is 1. The molecule has 7 nitrogen and oxygen atoms in total. The molecule has 3 N–H and O–H groups in total. The molecule has 3 atom stereocenters. The maximum Gasteiger partial charge on any atom is 0.326 e. The Hall–Kier alpha value is -3.96. The molecule has 178 valence electrons. The quantitative estimate of drug-likeness (QED) is 0.362. The van der Waals surface area contributed by atoms with E-state index in [-0.39, 0.29) is 19.4 Å². The van der Waals surface area contributed by atoms with Gasteiger partial charge in [-0.2, -0.15) is 5.26 Å². The fraction of sp³-hybridized carbons (Fsp3) is 0.296. The Balaban J connectivity index is 1.61. The Morgan fingerprint density at radius 1 is 1.17 bits per heavy atom. The number of aromatic amines is 2. The first-order valence-corrected chi connectivity index (χ1v) is 11.6. The average molecular weight is 472 g/mol. The molecule has 3 aliphatic heterocycles. The van der Waals surface area contributed by atoms with Crippen LogP contribution in [0.4, 0.5) is 4.39 Å². The number of carbonyl (C=O) groups is 1. The number of alkyl halides is 1. The lowest BCUT2D eigenvalue weighted by Crippen LogP contribution is -2.53. The number of hydrogen-bond acceptors (Lipinski definition) is 5. The number of fused-ring (bicyclic) bond motifs is 7. The van der Waals surface area contributed by atoms with Crippen molar-refractivity contribution in [3.8, 4) is 6.07 Å². The molecule has 5 rings (SSSR count). The van der Waals surface area contributed by atoms with E-state index in [9.17, 15) is 10.1 Å². The molecule has 0 saturated heterocycles. The zero-order valence-corrected chi connectivity index (χ0v) is 19.6. The van der Waals surface area contributed by atoms with E-state index >= 15 is 4.39 Å². The molecule has 3 aliphatic rings. The van der Waals surface area contributed by atoms with Gasteiger partial charge in [-0.05, 0) is 81.0 Å². The highest BCUT2D eigenvalue weighted by Gasteiger charge is 2.50. The van der Waals surface area contributed by atoms with Gasteiger partial charge in [-0.25, -0.2) is 4.39 Å². The van der Waals surface area contributed by atoms with Crippen molar-refractivity contribution in [3.63, 3.8) is 0 Å². The second-order valence-electron chi connectivity index (χ2n) is 9.43. The summed E-state index contributed by atoms with van der Waals surface area (Å²) in [5, 5.41) is 14.4. The van der Waals surface area contributed by atoms with Crippen LogP contribution >= 0.6 is 0 Å². The van der Waals surface area contributed by atoms with Crippen molar-refractivity contribution in [3.05, 3.63) is 76.4 Å². The first-order valence-electron chi connectivity index (χ1n) is 11.6. The molecule has 2 aromatic rings. The summed E-state index contributed by atoms with van der Waals surface area (Å²) < 4.78 is 21.3. The van der Waals surface area contributed by atoms with Crippen molar-refractivity contribution < 1.29 is 13.9 Å². The number of nitriles is 1.